The van der Waals surface area contributed by atoms with E-state index in [2.05, 4.69) is 83.5 Å². The number of pyridine rings is 1. The lowest BCUT2D eigenvalue weighted by Gasteiger charge is -2.37. The molecule has 3 nitrogen and oxygen atoms in total. The molecule has 1 aliphatic heterocycles. The molecule has 2 heterocycles. The Morgan fingerprint density at radius 1 is 1.04 bits per heavy atom. The zero-order chi connectivity index (χ0) is 19.2. The third-order valence-electron chi connectivity index (χ3n) is 5.09. The number of nitrogens with zero attached hydrogens (tertiary/aromatic N) is 2. The summed E-state index contributed by atoms with van der Waals surface area (Å²) < 4.78 is 6.28. The number of ether oxygens (including phenoxy) is 1. The van der Waals surface area contributed by atoms with Gasteiger partial charge >= 0.3 is 0 Å². The van der Waals surface area contributed by atoms with Crippen molar-refractivity contribution in [2.45, 2.75) is 29.8 Å². The first-order chi connectivity index (χ1) is 13.8. The molecule has 4 heteroatoms. The second-order valence-electron chi connectivity index (χ2n) is 7.20. The fraction of sp³-hybridized carbons (Fsp3) is 0.292. The monoisotopic (exact) mass is 390 g/mol. The van der Waals surface area contributed by atoms with Gasteiger partial charge in [-0.25, -0.2) is 4.98 Å². The number of morpholine rings is 1. The molecule has 144 valence electrons. The molecule has 0 saturated carbocycles. The third kappa shape index (κ3) is 4.82. The Balaban J connectivity index is 1.54. The van der Waals surface area contributed by atoms with E-state index < -0.39 is 0 Å². The van der Waals surface area contributed by atoms with Gasteiger partial charge in [-0.2, -0.15) is 0 Å². The minimum absolute atomic E-state index is 0.131. The molecule has 1 fully saturated rings. The van der Waals surface area contributed by atoms with Crippen molar-refractivity contribution in [1.29, 1.82) is 0 Å². The van der Waals surface area contributed by atoms with Crippen LogP contribution in [0, 0.1) is 6.92 Å². The Morgan fingerprint density at radius 3 is 2.54 bits per heavy atom. The SMILES string of the molecule is Cc1cccnc1SC(c1ccccc1)[C@@H]1CN(Cc2ccccc2)CCO1. The van der Waals surface area contributed by atoms with Gasteiger partial charge in [-0.1, -0.05) is 78.5 Å². The summed E-state index contributed by atoms with van der Waals surface area (Å²) in [5.41, 5.74) is 3.86. The molecule has 2 aromatic carbocycles. The van der Waals surface area contributed by atoms with Crippen LogP contribution in [0.4, 0.5) is 0 Å². The van der Waals surface area contributed by atoms with Crippen LogP contribution in [0.25, 0.3) is 0 Å². The standard InChI is InChI=1S/C24H26N2OS/c1-19-9-8-14-25-24(19)28-23(21-12-6-3-7-13-21)22-18-26(15-16-27-22)17-20-10-4-2-5-11-20/h2-14,22-23H,15-18H2,1H3/t22-,23?/m0/s1. The summed E-state index contributed by atoms with van der Waals surface area (Å²) in [4.78, 5) is 7.12. The van der Waals surface area contributed by atoms with E-state index in [1.807, 2.05) is 24.0 Å². The highest BCUT2D eigenvalue weighted by Gasteiger charge is 2.30. The normalized spacial score (nSPS) is 18.7. The predicted octanol–water partition coefficient (Wildman–Crippen LogP) is 5.12. The Hall–Kier alpha value is -2.14. The van der Waals surface area contributed by atoms with Gasteiger partial charge in [-0.05, 0) is 29.7 Å². The first kappa shape index (κ1) is 19.2. The molecule has 0 radical (unpaired) electrons. The molecule has 4 rings (SSSR count). The van der Waals surface area contributed by atoms with Crippen molar-refractivity contribution in [2.24, 2.45) is 0 Å². The van der Waals surface area contributed by atoms with Gasteiger partial charge in [-0.15, -0.1) is 0 Å². The van der Waals surface area contributed by atoms with Gasteiger partial charge in [0.25, 0.3) is 0 Å². The van der Waals surface area contributed by atoms with Gasteiger partial charge < -0.3 is 4.74 Å². The Bertz CT molecular complexity index is 872. The van der Waals surface area contributed by atoms with Crippen LogP contribution in [-0.2, 0) is 11.3 Å². The second-order valence-corrected chi connectivity index (χ2v) is 8.33. The molecule has 0 N–H and O–H groups in total. The Labute approximate surface area is 171 Å². The lowest BCUT2D eigenvalue weighted by molar-refractivity contribution is -0.0320. The van der Waals surface area contributed by atoms with Crippen LogP contribution in [0.3, 0.4) is 0 Å². The summed E-state index contributed by atoms with van der Waals surface area (Å²) in [5, 5.41) is 1.30. The number of aryl methyl sites for hydroxylation is 1. The zero-order valence-corrected chi connectivity index (χ0v) is 17.0. The van der Waals surface area contributed by atoms with Crippen LogP contribution in [0.5, 0.6) is 0 Å². The zero-order valence-electron chi connectivity index (χ0n) is 16.2. The van der Waals surface area contributed by atoms with Gasteiger partial charge in [0.15, 0.2) is 0 Å². The van der Waals surface area contributed by atoms with Crippen molar-refractivity contribution in [1.82, 2.24) is 9.88 Å². The van der Waals surface area contributed by atoms with Crippen LogP contribution in [0.1, 0.15) is 21.9 Å². The van der Waals surface area contributed by atoms with E-state index in [4.69, 9.17) is 4.74 Å². The minimum atomic E-state index is 0.131. The Morgan fingerprint density at radius 2 is 1.79 bits per heavy atom. The molecule has 1 unspecified atom stereocenters. The van der Waals surface area contributed by atoms with Gasteiger partial charge in [0.1, 0.15) is 0 Å². The van der Waals surface area contributed by atoms with E-state index in [0.717, 1.165) is 31.3 Å². The molecule has 28 heavy (non-hydrogen) atoms. The lowest BCUT2D eigenvalue weighted by Crippen LogP contribution is -2.44. The van der Waals surface area contributed by atoms with Crippen LogP contribution in [0.2, 0.25) is 0 Å². The second kappa shape index (κ2) is 9.37. The maximum atomic E-state index is 6.28. The number of hydrogen-bond donors (Lipinski definition) is 0. The van der Waals surface area contributed by atoms with Gasteiger partial charge in [0.05, 0.1) is 23.0 Å². The molecule has 2 atom stereocenters. The summed E-state index contributed by atoms with van der Waals surface area (Å²) in [6.07, 6.45) is 2.01. The highest BCUT2D eigenvalue weighted by atomic mass is 32.2. The quantitative estimate of drug-likeness (QED) is 0.545. The molecule has 3 aromatic rings. The maximum absolute atomic E-state index is 6.28. The summed E-state index contributed by atoms with van der Waals surface area (Å²) in [6.45, 7) is 5.76. The van der Waals surface area contributed by atoms with Crippen LogP contribution in [0.15, 0.2) is 84.0 Å². The van der Waals surface area contributed by atoms with Gasteiger partial charge in [0.2, 0.25) is 0 Å². The fourth-order valence-electron chi connectivity index (χ4n) is 3.62. The number of hydrogen-bond acceptors (Lipinski definition) is 4. The number of aromatic nitrogens is 1. The summed E-state index contributed by atoms with van der Waals surface area (Å²) in [7, 11) is 0. The summed E-state index contributed by atoms with van der Waals surface area (Å²) in [5.74, 6) is 0. The first-order valence-electron chi connectivity index (χ1n) is 9.81. The predicted molar refractivity (Wildman–Crippen MR) is 115 cm³/mol. The van der Waals surface area contributed by atoms with Crippen molar-refractivity contribution >= 4 is 11.8 Å². The molecule has 1 saturated heterocycles. The van der Waals surface area contributed by atoms with Crippen molar-refractivity contribution in [3.05, 3.63) is 95.7 Å². The topological polar surface area (TPSA) is 25.4 Å². The average Bonchev–Trinajstić information content (AvgIpc) is 2.75. The highest BCUT2D eigenvalue weighted by Crippen LogP contribution is 2.40. The van der Waals surface area contributed by atoms with Gasteiger partial charge in [0, 0.05) is 25.8 Å². The largest absolute Gasteiger partial charge is 0.374 e. The van der Waals surface area contributed by atoms with E-state index in [9.17, 15) is 0 Å². The first-order valence-corrected chi connectivity index (χ1v) is 10.7. The molecule has 0 bridgehead atoms. The average molecular weight is 391 g/mol. The summed E-state index contributed by atoms with van der Waals surface area (Å²) >= 11 is 1.82. The molecular formula is C24H26N2OS. The van der Waals surface area contributed by atoms with Crippen molar-refractivity contribution < 1.29 is 4.74 Å². The number of thioether (sulfide) groups is 1. The number of rotatable bonds is 6. The lowest BCUT2D eigenvalue weighted by atomic mass is 10.1. The van der Waals surface area contributed by atoms with Crippen LogP contribution >= 0.6 is 11.8 Å². The van der Waals surface area contributed by atoms with E-state index in [1.54, 1.807) is 0 Å². The smallest absolute Gasteiger partial charge is 0.0995 e. The van der Waals surface area contributed by atoms with Crippen LogP contribution in [-0.4, -0.2) is 35.7 Å². The fourth-order valence-corrected chi connectivity index (χ4v) is 4.84. The molecule has 0 amide bonds. The van der Waals surface area contributed by atoms with Gasteiger partial charge in [-0.3, -0.25) is 4.90 Å². The Kier molecular flexibility index (Phi) is 6.42. The minimum Gasteiger partial charge on any atom is -0.374 e. The van der Waals surface area contributed by atoms with Crippen molar-refractivity contribution in [3.63, 3.8) is 0 Å². The summed E-state index contributed by atoms with van der Waals surface area (Å²) in [6, 6.07) is 25.5. The van der Waals surface area contributed by atoms with Crippen molar-refractivity contribution in [2.75, 3.05) is 19.7 Å². The molecular weight excluding hydrogens is 364 g/mol. The maximum Gasteiger partial charge on any atom is 0.0995 e. The van der Waals surface area contributed by atoms with E-state index in [0.29, 0.717) is 0 Å². The molecule has 0 aliphatic carbocycles. The molecule has 0 spiro atoms. The van der Waals surface area contributed by atoms with Crippen molar-refractivity contribution in [3.8, 4) is 0 Å². The molecule has 1 aliphatic rings. The van der Waals surface area contributed by atoms with E-state index in [-0.39, 0.29) is 11.4 Å². The third-order valence-corrected chi connectivity index (χ3v) is 6.57. The highest BCUT2D eigenvalue weighted by molar-refractivity contribution is 7.99. The van der Waals surface area contributed by atoms with E-state index in [1.165, 1.54) is 16.7 Å². The van der Waals surface area contributed by atoms with Crippen LogP contribution < -0.4 is 0 Å². The molecule has 1 aromatic heterocycles. The number of benzene rings is 2. The van der Waals surface area contributed by atoms with E-state index >= 15 is 0 Å².